The van der Waals surface area contributed by atoms with Crippen LogP contribution in [0.3, 0.4) is 0 Å². The Morgan fingerprint density at radius 1 is 1.15 bits per heavy atom. The van der Waals surface area contributed by atoms with Crippen LogP contribution in [0.2, 0.25) is 0 Å². The molecule has 0 aliphatic rings. The highest BCUT2D eigenvalue weighted by molar-refractivity contribution is 6.04. The van der Waals surface area contributed by atoms with E-state index in [1.165, 1.54) is 0 Å². The van der Waals surface area contributed by atoms with Gasteiger partial charge in [0.15, 0.2) is 0 Å². The van der Waals surface area contributed by atoms with Crippen molar-refractivity contribution in [3.8, 4) is 0 Å². The summed E-state index contributed by atoms with van der Waals surface area (Å²) < 4.78 is 26.4. The lowest BCUT2D eigenvalue weighted by Gasteiger charge is -2.08. The van der Waals surface area contributed by atoms with Gasteiger partial charge in [-0.2, -0.15) is 0 Å². The van der Waals surface area contributed by atoms with E-state index in [1.54, 1.807) is 31.2 Å². The molecule has 0 aliphatic carbocycles. The van der Waals surface area contributed by atoms with Crippen molar-refractivity contribution in [3.05, 3.63) is 65.2 Å². The molecule has 1 amide bonds. The van der Waals surface area contributed by atoms with Gasteiger partial charge in [0.05, 0.1) is 11.7 Å². The van der Waals surface area contributed by atoms with Gasteiger partial charge in [0.25, 0.3) is 5.91 Å². The number of nitrogens with one attached hydrogen (secondary N) is 1. The molecule has 20 heavy (non-hydrogen) atoms. The van der Waals surface area contributed by atoms with Crippen molar-refractivity contribution in [3.63, 3.8) is 0 Å². The molecule has 0 spiro atoms. The van der Waals surface area contributed by atoms with Gasteiger partial charge in [-0.15, -0.1) is 0 Å². The Hall–Kier alpha value is -2.27. The standard InChI is InChI=1S/C15H13F2NO2/c1-9(19)10-2-5-12(6-3-10)18-15(20)13-8-11(16)4-7-14(13)17/h2-9,19H,1H3,(H,18,20). The van der Waals surface area contributed by atoms with Crippen molar-refractivity contribution >= 4 is 11.6 Å². The van der Waals surface area contributed by atoms with Gasteiger partial charge >= 0.3 is 0 Å². The number of hydrogen-bond donors (Lipinski definition) is 2. The zero-order valence-electron chi connectivity index (χ0n) is 10.7. The van der Waals surface area contributed by atoms with Gasteiger partial charge in [-0.1, -0.05) is 12.1 Å². The Labute approximate surface area is 114 Å². The van der Waals surface area contributed by atoms with E-state index in [0.717, 1.165) is 18.2 Å². The lowest BCUT2D eigenvalue weighted by molar-refractivity contribution is 0.102. The summed E-state index contributed by atoms with van der Waals surface area (Å²) in [5.41, 5.74) is 0.771. The second-order valence-corrected chi connectivity index (χ2v) is 4.38. The summed E-state index contributed by atoms with van der Waals surface area (Å²) in [6.07, 6.45) is -0.611. The number of aliphatic hydroxyl groups is 1. The van der Waals surface area contributed by atoms with Crippen LogP contribution in [0.5, 0.6) is 0 Å². The zero-order valence-corrected chi connectivity index (χ0v) is 10.7. The average molecular weight is 277 g/mol. The Balaban J connectivity index is 2.17. The van der Waals surface area contributed by atoms with Crippen LogP contribution < -0.4 is 5.32 Å². The molecule has 0 saturated carbocycles. The van der Waals surface area contributed by atoms with E-state index in [2.05, 4.69) is 5.32 Å². The number of amides is 1. The Kier molecular flexibility index (Phi) is 4.10. The zero-order chi connectivity index (χ0) is 14.7. The highest BCUT2D eigenvalue weighted by atomic mass is 19.1. The largest absolute Gasteiger partial charge is 0.389 e. The molecule has 2 N–H and O–H groups in total. The third-order valence-corrected chi connectivity index (χ3v) is 2.82. The number of aliphatic hydroxyl groups excluding tert-OH is 1. The number of rotatable bonds is 3. The summed E-state index contributed by atoms with van der Waals surface area (Å²) in [4.78, 5) is 11.8. The molecule has 0 saturated heterocycles. The first-order valence-corrected chi connectivity index (χ1v) is 6.02. The number of halogens is 2. The highest BCUT2D eigenvalue weighted by Gasteiger charge is 2.13. The minimum absolute atomic E-state index is 0.357. The van der Waals surface area contributed by atoms with Crippen molar-refractivity contribution < 1.29 is 18.7 Å². The molecule has 0 bridgehead atoms. The second kappa shape index (κ2) is 5.79. The van der Waals surface area contributed by atoms with E-state index >= 15 is 0 Å². The fourth-order valence-corrected chi connectivity index (χ4v) is 1.71. The van der Waals surface area contributed by atoms with Crippen molar-refractivity contribution in [1.82, 2.24) is 0 Å². The Bertz CT molecular complexity index is 624. The first kappa shape index (κ1) is 14.1. The third-order valence-electron chi connectivity index (χ3n) is 2.82. The van der Waals surface area contributed by atoms with Gasteiger partial charge in [0, 0.05) is 5.69 Å². The molecule has 0 heterocycles. The molecule has 2 rings (SSSR count). The molecule has 1 unspecified atom stereocenters. The number of carbonyl (C=O) groups excluding carboxylic acids is 1. The summed E-state index contributed by atoms with van der Waals surface area (Å²) in [7, 11) is 0. The maximum absolute atomic E-state index is 13.4. The Morgan fingerprint density at radius 2 is 1.80 bits per heavy atom. The molecular formula is C15H13F2NO2. The molecular weight excluding hydrogens is 264 g/mol. The average Bonchev–Trinajstić information content (AvgIpc) is 2.42. The van der Waals surface area contributed by atoms with Crippen LogP contribution >= 0.6 is 0 Å². The predicted octanol–water partition coefficient (Wildman–Crippen LogP) is 3.27. The molecule has 0 fully saturated rings. The predicted molar refractivity (Wildman–Crippen MR) is 71.4 cm³/mol. The number of benzene rings is 2. The van der Waals surface area contributed by atoms with Gasteiger partial charge in [-0.25, -0.2) is 8.78 Å². The maximum atomic E-state index is 13.4. The molecule has 1 atom stereocenters. The van der Waals surface area contributed by atoms with Crippen molar-refractivity contribution in [2.75, 3.05) is 5.32 Å². The topological polar surface area (TPSA) is 49.3 Å². The molecule has 2 aromatic rings. The number of hydrogen-bond acceptors (Lipinski definition) is 2. The van der Waals surface area contributed by atoms with Crippen LogP contribution in [0.25, 0.3) is 0 Å². The minimum atomic E-state index is -0.787. The summed E-state index contributed by atoms with van der Waals surface area (Å²) in [6.45, 7) is 1.62. The van der Waals surface area contributed by atoms with Gasteiger partial charge in [0.2, 0.25) is 0 Å². The van der Waals surface area contributed by atoms with E-state index in [4.69, 9.17) is 0 Å². The first-order valence-electron chi connectivity index (χ1n) is 6.02. The summed E-state index contributed by atoms with van der Waals surface area (Å²) in [6, 6.07) is 9.14. The molecule has 104 valence electrons. The van der Waals surface area contributed by atoms with E-state index < -0.39 is 23.6 Å². The first-order chi connectivity index (χ1) is 9.47. The van der Waals surface area contributed by atoms with Crippen LogP contribution in [-0.2, 0) is 0 Å². The molecule has 0 aromatic heterocycles. The third kappa shape index (κ3) is 3.19. The molecule has 5 heteroatoms. The number of carbonyl (C=O) groups is 1. The smallest absolute Gasteiger partial charge is 0.258 e. The summed E-state index contributed by atoms with van der Waals surface area (Å²) in [5.74, 6) is -2.20. The molecule has 0 aliphatic heterocycles. The van der Waals surface area contributed by atoms with E-state index in [1.807, 2.05) is 0 Å². The van der Waals surface area contributed by atoms with Crippen molar-refractivity contribution in [2.45, 2.75) is 13.0 Å². The lowest BCUT2D eigenvalue weighted by atomic mass is 10.1. The van der Waals surface area contributed by atoms with Crippen molar-refractivity contribution in [1.29, 1.82) is 0 Å². The maximum Gasteiger partial charge on any atom is 0.258 e. The van der Waals surface area contributed by atoms with Crippen LogP contribution in [0.4, 0.5) is 14.5 Å². The number of anilines is 1. The second-order valence-electron chi connectivity index (χ2n) is 4.38. The van der Waals surface area contributed by atoms with Gasteiger partial charge in [-0.05, 0) is 42.8 Å². The Morgan fingerprint density at radius 3 is 2.40 bits per heavy atom. The van der Waals surface area contributed by atoms with Gasteiger partial charge in [0.1, 0.15) is 11.6 Å². The van der Waals surface area contributed by atoms with Crippen LogP contribution in [0.15, 0.2) is 42.5 Å². The van der Waals surface area contributed by atoms with Gasteiger partial charge < -0.3 is 10.4 Å². The van der Waals surface area contributed by atoms with E-state index in [0.29, 0.717) is 11.3 Å². The summed E-state index contributed by atoms with van der Waals surface area (Å²) >= 11 is 0. The fraction of sp³-hybridized carbons (Fsp3) is 0.133. The van der Waals surface area contributed by atoms with E-state index in [-0.39, 0.29) is 5.56 Å². The minimum Gasteiger partial charge on any atom is -0.389 e. The molecule has 0 radical (unpaired) electrons. The monoisotopic (exact) mass is 277 g/mol. The fourth-order valence-electron chi connectivity index (χ4n) is 1.71. The van der Waals surface area contributed by atoms with Gasteiger partial charge in [-0.3, -0.25) is 4.79 Å². The van der Waals surface area contributed by atoms with Crippen LogP contribution in [0, 0.1) is 11.6 Å². The molecule has 3 nitrogen and oxygen atoms in total. The molecule has 2 aromatic carbocycles. The summed E-state index contributed by atoms with van der Waals surface area (Å²) in [5, 5.41) is 11.8. The van der Waals surface area contributed by atoms with Crippen LogP contribution in [0.1, 0.15) is 28.9 Å². The highest BCUT2D eigenvalue weighted by Crippen LogP contribution is 2.17. The van der Waals surface area contributed by atoms with Crippen LogP contribution in [-0.4, -0.2) is 11.0 Å². The normalized spacial score (nSPS) is 12.0. The van der Waals surface area contributed by atoms with E-state index in [9.17, 15) is 18.7 Å². The van der Waals surface area contributed by atoms with Crippen molar-refractivity contribution in [2.24, 2.45) is 0 Å². The quantitative estimate of drug-likeness (QED) is 0.904. The lowest BCUT2D eigenvalue weighted by Crippen LogP contribution is -2.14. The SMILES string of the molecule is CC(O)c1ccc(NC(=O)c2cc(F)ccc2F)cc1.